The Kier molecular flexibility index (Phi) is 2.99. The van der Waals surface area contributed by atoms with Crippen molar-refractivity contribution >= 4 is 5.97 Å². The van der Waals surface area contributed by atoms with Crippen molar-refractivity contribution in [2.45, 2.75) is 39.2 Å². The number of aromatic nitrogens is 3. The summed E-state index contributed by atoms with van der Waals surface area (Å²) in [5.41, 5.74) is 0. The molecule has 1 aromatic heterocycles. The molecule has 0 aliphatic carbocycles. The smallest absolute Gasteiger partial charge is 0.376 e. The van der Waals surface area contributed by atoms with Crippen molar-refractivity contribution in [3.63, 3.8) is 0 Å². The molecule has 0 atom stereocenters. The van der Waals surface area contributed by atoms with Crippen LogP contribution in [-0.2, 0) is 17.7 Å². The van der Waals surface area contributed by atoms with Gasteiger partial charge in [0.15, 0.2) is 0 Å². The number of nitrogens with zero attached hydrogens (tertiary/aromatic N) is 3. The zero-order valence-electron chi connectivity index (χ0n) is 8.90. The van der Waals surface area contributed by atoms with E-state index in [0.717, 1.165) is 31.6 Å². The van der Waals surface area contributed by atoms with Gasteiger partial charge in [0, 0.05) is 13.0 Å². The lowest BCUT2D eigenvalue weighted by atomic mass is 10.2. The number of aryl methyl sites for hydroxylation is 1. The summed E-state index contributed by atoms with van der Waals surface area (Å²) >= 11 is 0. The lowest BCUT2D eigenvalue weighted by Crippen LogP contribution is -2.14. The largest absolute Gasteiger partial charge is 0.460 e. The zero-order chi connectivity index (χ0) is 10.7. The van der Waals surface area contributed by atoms with Crippen LogP contribution in [0.2, 0.25) is 0 Å². The molecule has 0 N–H and O–H groups in total. The van der Waals surface area contributed by atoms with E-state index in [0.29, 0.717) is 12.4 Å². The molecule has 2 heterocycles. The number of esters is 1. The summed E-state index contributed by atoms with van der Waals surface area (Å²) in [6.45, 7) is 3.00. The van der Waals surface area contributed by atoms with Gasteiger partial charge in [-0.2, -0.15) is 0 Å². The number of hydrogen-bond donors (Lipinski definition) is 0. The minimum atomic E-state index is -0.363. The number of rotatable bonds is 2. The SMILES string of the molecule is CCOC(=O)c1nnc2n1CCCCC2. The fraction of sp³-hybridized carbons (Fsp3) is 0.700. The van der Waals surface area contributed by atoms with Crippen molar-refractivity contribution in [2.24, 2.45) is 0 Å². The normalized spacial score (nSPS) is 15.5. The first-order valence-corrected chi connectivity index (χ1v) is 5.42. The molecule has 1 aromatic rings. The van der Waals surface area contributed by atoms with Crippen LogP contribution in [0.4, 0.5) is 0 Å². The molecule has 0 bridgehead atoms. The van der Waals surface area contributed by atoms with Gasteiger partial charge >= 0.3 is 5.97 Å². The molecule has 0 saturated heterocycles. The van der Waals surface area contributed by atoms with Crippen LogP contribution in [0.1, 0.15) is 42.6 Å². The second-order valence-corrected chi connectivity index (χ2v) is 3.62. The molecular formula is C10H15N3O2. The summed E-state index contributed by atoms with van der Waals surface area (Å²) in [4.78, 5) is 11.5. The molecule has 5 heteroatoms. The molecular weight excluding hydrogens is 194 g/mol. The number of carbonyl (C=O) groups is 1. The maximum Gasteiger partial charge on any atom is 0.376 e. The molecule has 0 amide bonds. The summed E-state index contributed by atoms with van der Waals surface area (Å²) in [6.07, 6.45) is 4.30. The quantitative estimate of drug-likeness (QED) is 0.686. The predicted octanol–water partition coefficient (Wildman–Crippen LogP) is 1.18. The van der Waals surface area contributed by atoms with Crippen molar-refractivity contribution in [1.29, 1.82) is 0 Å². The highest BCUT2D eigenvalue weighted by Crippen LogP contribution is 2.14. The number of ether oxygens (including phenoxy) is 1. The fourth-order valence-corrected chi connectivity index (χ4v) is 1.83. The van der Waals surface area contributed by atoms with Crippen LogP contribution in [0.15, 0.2) is 0 Å². The van der Waals surface area contributed by atoms with E-state index < -0.39 is 0 Å². The van der Waals surface area contributed by atoms with Crippen LogP contribution < -0.4 is 0 Å². The van der Waals surface area contributed by atoms with Gasteiger partial charge in [0.1, 0.15) is 5.82 Å². The highest BCUT2D eigenvalue weighted by molar-refractivity contribution is 5.85. The van der Waals surface area contributed by atoms with Gasteiger partial charge in [-0.05, 0) is 19.8 Å². The van der Waals surface area contributed by atoms with Crippen LogP contribution in [0, 0.1) is 0 Å². The van der Waals surface area contributed by atoms with Gasteiger partial charge in [-0.1, -0.05) is 6.42 Å². The zero-order valence-corrected chi connectivity index (χ0v) is 8.90. The van der Waals surface area contributed by atoms with Crippen molar-refractivity contribution in [1.82, 2.24) is 14.8 Å². The maximum atomic E-state index is 11.5. The molecule has 0 radical (unpaired) electrons. The van der Waals surface area contributed by atoms with Crippen LogP contribution in [0.5, 0.6) is 0 Å². The Morgan fingerprint density at radius 3 is 3.07 bits per heavy atom. The second kappa shape index (κ2) is 4.42. The molecule has 0 fully saturated rings. The molecule has 0 spiro atoms. The van der Waals surface area contributed by atoms with E-state index in [4.69, 9.17) is 4.74 Å². The van der Waals surface area contributed by atoms with E-state index in [1.807, 2.05) is 4.57 Å². The first-order valence-electron chi connectivity index (χ1n) is 5.42. The summed E-state index contributed by atoms with van der Waals surface area (Å²) < 4.78 is 6.82. The standard InChI is InChI=1S/C10H15N3O2/c1-2-15-10(14)9-12-11-8-6-4-3-5-7-13(8)9/h2-7H2,1H3. The summed E-state index contributed by atoms with van der Waals surface area (Å²) in [7, 11) is 0. The molecule has 1 aliphatic heterocycles. The highest BCUT2D eigenvalue weighted by Gasteiger charge is 2.20. The molecule has 15 heavy (non-hydrogen) atoms. The highest BCUT2D eigenvalue weighted by atomic mass is 16.5. The van der Waals surface area contributed by atoms with Crippen LogP contribution in [0.25, 0.3) is 0 Å². The Labute approximate surface area is 88.4 Å². The second-order valence-electron chi connectivity index (χ2n) is 3.62. The number of carbonyl (C=O) groups excluding carboxylic acids is 1. The monoisotopic (exact) mass is 209 g/mol. The molecule has 0 unspecified atom stereocenters. The Balaban J connectivity index is 2.25. The van der Waals surface area contributed by atoms with Crippen molar-refractivity contribution in [2.75, 3.05) is 6.61 Å². The third-order valence-electron chi connectivity index (χ3n) is 2.57. The molecule has 5 nitrogen and oxygen atoms in total. The van der Waals surface area contributed by atoms with Gasteiger partial charge in [0.05, 0.1) is 6.61 Å². The first kappa shape index (κ1) is 10.1. The van der Waals surface area contributed by atoms with Gasteiger partial charge in [-0.25, -0.2) is 4.79 Å². The van der Waals surface area contributed by atoms with Crippen LogP contribution in [-0.4, -0.2) is 27.3 Å². The first-order chi connectivity index (χ1) is 7.33. The summed E-state index contributed by atoms with van der Waals surface area (Å²) in [5.74, 6) is 0.905. The van der Waals surface area contributed by atoms with E-state index >= 15 is 0 Å². The summed E-state index contributed by atoms with van der Waals surface area (Å²) in [5, 5.41) is 7.93. The van der Waals surface area contributed by atoms with E-state index in [9.17, 15) is 4.79 Å². The van der Waals surface area contributed by atoms with Crippen molar-refractivity contribution in [3.8, 4) is 0 Å². The van der Waals surface area contributed by atoms with E-state index in [1.54, 1.807) is 6.92 Å². The lowest BCUT2D eigenvalue weighted by molar-refractivity contribution is 0.0505. The third-order valence-corrected chi connectivity index (χ3v) is 2.57. The Morgan fingerprint density at radius 2 is 2.27 bits per heavy atom. The number of fused-ring (bicyclic) bond motifs is 1. The topological polar surface area (TPSA) is 57.0 Å². The van der Waals surface area contributed by atoms with E-state index in [1.165, 1.54) is 6.42 Å². The van der Waals surface area contributed by atoms with Crippen LogP contribution >= 0.6 is 0 Å². The number of hydrogen-bond acceptors (Lipinski definition) is 4. The fourth-order valence-electron chi connectivity index (χ4n) is 1.83. The molecule has 82 valence electrons. The molecule has 1 aliphatic rings. The van der Waals surface area contributed by atoms with Crippen molar-refractivity contribution < 1.29 is 9.53 Å². The van der Waals surface area contributed by atoms with Gasteiger partial charge in [0.25, 0.3) is 0 Å². The Hall–Kier alpha value is -1.39. The average molecular weight is 209 g/mol. The van der Waals surface area contributed by atoms with Crippen LogP contribution in [0.3, 0.4) is 0 Å². The maximum absolute atomic E-state index is 11.5. The van der Waals surface area contributed by atoms with E-state index in [2.05, 4.69) is 10.2 Å². The minimum absolute atomic E-state index is 0.355. The molecule has 0 aromatic carbocycles. The molecule has 2 rings (SSSR count). The van der Waals surface area contributed by atoms with Gasteiger partial charge < -0.3 is 9.30 Å². The Bertz CT molecular complexity index is 360. The average Bonchev–Trinajstić information content (AvgIpc) is 2.48. The molecule has 0 saturated carbocycles. The van der Waals surface area contributed by atoms with Gasteiger partial charge in [0.2, 0.25) is 5.82 Å². The van der Waals surface area contributed by atoms with E-state index in [-0.39, 0.29) is 5.97 Å². The predicted molar refractivity (Wildman–Crippen MR) is 53.5 cm³/mol. The van der Waals surface area contributed by atoms with Gasteiger partial charge in [-0.15, -0.1) is 10.2 Å². The third kappa shape index (κ3) is 2.00. The van der Waals surface area contributed by atoms with Gasteiger partial charge in [-0.3, -0.25) is 0 Å². The van der Waals surface area contributed by atoms with Crippen molar-refractivity contribution in [3.05, 3.63) is 11.6 Å². The Morgan fingerprint density at radius 1 is 1.40 bits per heavy atom. The lowest BCUT2D eigenvalue weighted by Gasteiger charge is -2.05. The summed E-state index contributed by atoms with van der Waals surface area (Å²) in [6, 6.07) is 0. The minimum Gasteiger partial charge on any atom is -0.460 e.